The Kier molecular flexibility index (Phi) is 9.47. The van der Waals surface area contributed by atoms with Gasteiger partial charge in [0.25, 0.3) is 11.8 Å². The molecule has 0 aliphatic heterocycles. The van der Waals surface area contributed by atoms with Gasteiger partial charge in [0.15, 0.2) is 0 Å². The number of halogens is 1. The van der Waals surface area contributed by atoms with Gasteiger partial charge < -0.3 is 19.6 Å². The number of anilines is 2. The summed E-state index contributed by atoms with van der Waals surface area (Å²) in [4.78, 5) is 39.6. The van der Waals surface area contributed by atoms with Crippen LogP contribution in [0.5, 0.6) is 5.75 Å². The number of aliphatic carboxylic acids is 1. The molecule has 3 aromatic carbocycles. The molecule has 0 aliphatic rings. The molecule has 0 saturated carbocycles. The highest BCUT2D eigenvalue weighted by atomic mass is 35.5. The predicted octanol–water partition coefficient (Wildman–Crippen LogP) is 5.92. The number of carboxylic acid groups (broad SMARTS) is 1. The lowest BCUT2D eigenvalue weighted by atomic mass is 10.1. The van der Waals surface area contributed by atoms with Crippen molar-refractivity contribution in [3.8, 4) is 5.75 Å². The summed E-state index contributed by atoms with van der Waals surface area (Å²) in [6.45, 7) is 0.413. The van der Waals surface area contributed by atoms with E-state index in [0.717, 1.165) is 6.42 Å². The summed E-state index contributed by atoms with van der Waals surface area (Å²) in [6, 6.07) is 21.0. The number of nitrogens with zero attached hydrogens (tertiary/aromatic N) is 2. The van der Waals surface area contributed by atoms with E-state index in [1.807, 2.05) is 18.2 Å². The van der Waals surface area contributed by atoms with Gasteiger partial charge in [-0.1, -0.05) is 41.9 Å². The van der Waals surface area contributed by atoms with Gasteiger partial charge in [-0.15, -0.1) is 0 Å². The number of amides is 2. The minimum atomic E-state index is -0.803. The Bertz CT molecular complexity index is 1220. The van der Waals surface area contributed by atoms with Gasteiger partial charge in [-0.2, -0.15) is 0 Å². The average molecular weight is 509 g/mol. The molecule has 0 spiro atoms. The minimum Gasteiger partial charge on any atom is -0.491 e. The third kappa shape index (κ3) is 6.86. The van der Waals surface area contributed by atoms with Crippen LogP contribution in [0.3, 0.4) is 0 Å². The van der Waals surface area contributed by atoms with Crippen molar-refractivity contribution in [1.82, 2.24) is 0 Å². The molecule has 0 aliphatic carbocycles. The largest absolute Gasteiger partial charge is 0.491 e. The van der Waals surface area contributed by atoms with Crippen LogP contribution in [0.4, 0.5) is 11.4 Å². The summed E-state index contributed by atoms with van der Waals surface area (Å²) in [5, 5.41) is 8.96. The molecule has 36 heavy (non-hydrogen) atoms. The number of hydrogen-bond acceptors (Lipinski definition) is 4. The molecule has 0 atom stereocenters. The zero-order chi connectivity index (χ0) is 26.1. The Morgan fingerprint density at radius 1 is 0.833 bits per heavy atom. The Hall–Kier alpha value is -3.84. The number of carbonyl (C=O) groups excluding carboxylic acids is 2. The lowest BCUT2D eigenvalue weighted by Gasteiger charge is -2.22. The Morgan fingerprint density at radius 3 is 2.22 bits per heavy atom. The van der Waals surface area contributed by atoms with Crippen LogP contribution >= 0.6 is 11.6 Å². The van der Waals surface area contributed by atoms with E-state index in [4.69, 9.17) is 21.4 Å². The van der Waals surface area contributed by atoms with Crippen LogP contribution in [0.15, 0.2) is 72.8 Å². The molecule has 7 nitrogen and oxygen atoms in total. The van der Waals surface area contributed by atoms with Crippen molar-refractivity contribution >= 4 is 40.8 Å². The summed E-state index contributed by atoms with van der Waals surface area (Å²) in [5.41, 5.74) is 2.01. The van der Waals surface area contributed by atoms with Gasteiger partial charge in [0.1, 0.15) is 5.75 Å². The quantitative estimate of drug-likeness (QED) is 0.325. The van der Waals surface area contributed by atoms with Crippen molar-refractivity contribution in [2.75, 3.05) is 30.5 Å². The van der Waals surface area contributed by atoms with Crippen molar-refractivity contribution in [3.63, 3.8) is 0 Å². The summed E-state index contributed by atoms with van der Waals surface area (Å²) in [5.74, 6) is -0.756. The van der Waals surface area contributed by atoms with Crippen LogP contribution < -0.4 is 14.5 Å². The average Bonchev–Trinajstić information content (AvgIpc) is 2.89. The maximum atomic E-state index is 13.3. The molecule has 2 amide bonds. The van der Waals surface area contributed by atoms with Gasteiger partial charge in [0.05, 0.1) is 22.9 Å². The van der Waals surface area contributed by atoms with E-state index in [1.54, 1.807) is 68.7 Å². The fraction of sp³-hybridized carbons (Fsp3) is 0.250. The Labute approximate surface area is 215 Å². The molecule has 0 bridgehead atoms. The van der Waals surface area contributed by atoms with Crippen molar-refractivity contribution in [2.24, 2.45) is 0 Å². The first-order valence-corrected chi connectivity index (χ1v) is 12.0. The second-order valence-electron chi connectivity index (χ2n) is 8.28. The number of ether oxygens (including phenoxy) is 1. The summed E-state index contributed by atoms with van der Waals surface area (Å²) in [7, 11) is 3.30. The van der Waals surface area contributed by atoms with E-state index in [9.17, 15) is 14.4 Å². The van der Waals surface area contributed by atoms with E-state index in [0.29, 0.717) is 47.7 Å². The van der Waals surface area contributed by atoms with Gasteiger partial charge >= 0.3 is 5.97 Å². The van der Waals surface area contributed by atoms with Crippen LogP contribution in [0.1, 0.15) is 46.4 Å². The molecule has 3 aromatic rings. The number of para-hydroxylation sites is 2. The van der Waals surface area contributed by atoms with Crippen molar-refractivity contribution in [3.05, 3.63) is 88.9 Å². The van der Waals surface area contributed by atoms with Crippen LogP contribution in [-0.2, 0) is 4.79 Å². The van der Waals surface area contributed by atoms with Gasteiger partial charge in [-0.3, -0.25) is 14.4 Å². The highest BCUT2D eigenvalue weighted by molar-refractivity contribution is 6.35. The maximum Gasteiger partial charge on any atom is 0.303 e. The normalized spacial score (nSPS) is 10.5. The summed E-state index contributed by atoms with van der Waals surface area (Å²) >= 11 is 6.49. The third-order valence-corrected chi connectivity index (χ3v) is 6.03. The molecule has 3 rings (SSSR count). The molecule has 8 heteroatoms. The van der Waals surface area contributed by atoms with E-state index in [1.165, 1.54) is 9.80 Å². The molecule has 0 fully saturated rings. The number of benzene rings is 3. The Balaban J connectivity index is 1.69. The van der Waals surface area contributed by atoms with E-state index < -0.39 is 5.97 Å². The van der Waals surface area contributed by atoms with E-state index in [2.05, 4.69) is 0 Å². The number of carbonyl (C=O) groups is 3. The zero-order valence-corrected chi connectivity index (χ0v) is 21.1. The van der Waals surface area contributed by atoms with Crippen molar-refractivity contribution in [1.29, 1.82) is 0 Å². The monoisotopic (exact) mass is 508 g/mol. The van der Waals surface area contributed by atoms with Gasteiger partial charge in [-0.25, -0.2) is 0 Å². The van der Waals surface area contributed by atoms with Crippen LogP contribution in [-0.4, -0.2) is 43.6 Å². The minimum absolute atomic E-state index is 0.142. The first-order valence-electron chi connectivity index (χ1n) is 11.6. The highest BCUT2D eigenvalue weighted by Gasteiger charge is 2.21. The number of rotatable bonds is 11. The van der Waals surface area contributed by atoms with Crippen molar-refractivity contribution in [2.45, 2.75) is 25.7 Å². The Morgan fingerprint density at radius 2 is 1.53 bits per heavy atom. The first-order chi connectivity index (χ1) is 17.3. The molecule has 0 saturated heterocycles. The maximum absolute atomic E-state index is 13.3. The van der Waals surface area contributed by atoms with Gasteiger partial charge in [0, 0.05) is 31.8 Å². The second-order valence-corrected chi connectivity index (χ2v) is 8.69. The van der Waals surface area contributed by atoms with Crippen LogP contribution in [0, 0.1) is 0 Å². The summed E-state index contributed by atoms with van der Waals surface area (Å²) in [6.07, 6.45) is 2.19. The molecular weight excluding hydrogens is 480 g/mol. The lowest BCUT2D eigenvalue weighted by Crippen LogP contribution is -2.28. The van der Waals surface area contributed by atoms with Crippen molar-refractivity contribution < 1.29 is 24.2 Å². The number of unbranched alkanes of at least 4 members (excludes halogenated alkanes) is 2. The topological polar surface area (TPSA) is 87.2 Å². The molecule has 0 radical (unpaired) electrons. The predicted molar refractivity (Wildman–Crippen MR) is 141 cm³/mol. The molecule has 1 N–H and O–H groups in total. The van der Waals surface area contributed by atoms with Gasteiger partial charge in [-0.05, 0) is 61.7 Å². The fourth-order valence-electron chi connectivity index (χ4n) is 3.66. The third-order valence-electron chi connectivity index (χ3n) is 5.72. The van der Waals surface area contributed by atoms with E-state index >= 15 is 0 Å². The molecule has 0 unspecified atom stereocenters. The first kappa shape index (κ1) is 26.8. The fourth-order valence-corrected chi connectivity index (χ4v) is 3.92. The molecule has 0 aromatic heterocycles. The van der Waals surface area contributed by atoms with Gasteiger partial charge in [0.2, 0.25) is 0 Å². The lowest BCUT2D eigenvalue weighted by molar-refractivity contribution is -0.137. The number of carboxylic acids is 1. The van der Waals surface area contributed by atoms with Crippen LogP contribution in [0.25, 0.3) is 0 Å². The molecule has 188 valence electrons. The standard InChI is InChI=1S/C28H29ClN2O5/c1-30(27(34)20-11-5-3-6-12-20)21-16-17-22(23(29)19-21)28(35)31(2)24-13-8-9-14-25(24)36-18-10-4-7-15-26(32)33/h3,5-6,8-9,11-14,16-17,19H,4,7,10,15,18H2,1-2H3,(H,32,33). The molecular formula is C28H29ClN2O5. The summed E-state index contributed by atoms with van der Waals surface area (Å²) < 4.78 is 5.88. The zero-order valence-electron chi connectivity index (χ0n) is 20.3. The SMILES string of the molecule is CN(C(=O)c1ccccc1)c1ccc(C(=O)N(C)c2ccccc2OCCCCCC(=O)O)c(Cl)c1. The van der Waals surface area contributed by atoms with E-state index in [-0.39, 0.29) is 23.3 Å². The highest BCUT2D eigenvalue weighted by Crippen LogP contribution is 2.31. The number of hydrogen-bond donors (Lipinski definition) is 1. The smallest absolute Gasteiger partial charge is 0.303 e. The molecule has 0 heterocycles. The second kappa shape index (κ2) is 12.7. The van der Waals surface area contributed by atoms with Crippen LogP contribution in [0.2, 0.25) is 5.02 Å².